The number of aliphatic hydroxyl groups is 4. The maximum atomic E-state index is 13.6. The zero-order valence-corrected chi connectivity index (χ0v) is 21.1. The molecule has 5 N–H and O–H groups in total. The minimum atomic E-state index is -4.81. The van der Waals surface area contributed by atoms with Crippen LogP contribution >= 0.6 is 0 Å². The van der Waals surface area contributed by atoms with Crippen molar-refractivity contribution in [2.24, 2.45) is 10.3 Å². The molecular formula is C25H27F3N2O10. The highest BCUT2D eigenvalue weighted by Gasteiger charge is 2.45. The Balaban J connectivity index is 1.86. The van der Waals surface area contributed by atoms with Gasteiger partial charge in [0, 0.05) is 16.7 Å². The molecule has 0 saturated carbocycles. The summed E-state index contributed by atoms with van der Waals surface area (Å²) in [5.41, 5.74) is -1.10. The van der Waals surface area contributed by atoms with E-state index in [0.717, 1.165) is 12.1 Å². The van der Waals surface area contributed by atoms with E-state index in [1.807, 2.05) is 0 Å². The molecule has 0 spiro atoms. The number of halogens is 3. The third-order valence-corrected chi connectivity index (χ3v) is 5.83. The molecule has 40 heavy (non-hydrogen) atoms. The monoisotopic (exact) mass is 572 g/mol. The van der Waals surface area contributed by atoms with E-state index in [-0.39, 0.29) is 23.4 Å². The molecule has 1 heterocycles. The van der Waals surface area contributed by atoms with Crippen molar-refractivity contribution < 1.29 is 62.6 Å². The number of carboxylic acids is 1. The lowest BCUT2D eigenvalue weighted by Gasteiger charge is -2.39. The molecule has 1 aliphatic rings. The van der Waals surface area contributed by atoms with E-state index in [1.54, 1.807) is 18.2 Å². The van der Waals surface area contributed by atoms with Crippen LogP contribution in [0.5, 0.6) is 5.75 Å². The zero-order valence-electron chi connectivity index (χ0n) is 21.1. The third-order valence-electron chi connectivity index (χ3n) is 5.83. The third kappa shape index (κ3) is 7.25. The molecule has 12 nitrogen and oxygen atoms in total. The van der Waals surface area contributed by atoms with Gasteiger partial charge in [-0.2, -0.15) is 13.2 Å². The van der Waals surface area contributed by atoms with Gasteiger partial charge in [-0.05, 0) is 25.1 Å². The molecule has 0 bridgehead atoms. The molecule has 1 saturated heterocycles. The summed E-state index contributed by atoms with van der Waals surface area (Å²) >= 11 is 0. The van der Waals surface area contributed by atoms with Crippen LogP contribution < -0.4 is 4.74 Å². The maximum Gasteiger partial charge on any atom is 0.416 e. The standard InChI is InChI=1S/C25H27F3N2O10/c1-12(29-38-11-13-5-3-4-6-17(13)19(23(35)36)30-37-2)14-7-15(25(26,27)28)9-16(8-14)39-24-22(34)21(33)20(32)18(10-31)40-24/h3-9,18,20-22,24,31-34H,10-11H2,1-2H3,(H,35,36)/b29-12-,30-19-/t18-,20-,21+,22-,24-/m1/s1. The zero-order chi connectivity index (χ0) is 29.6. The summed E-state index contributed by atoms with van der Waals surface area (Å²) in [6.07, 6.45) is -13.2. The fourth-order valence-corrected chi connectivity index (χ4v) is 3.76. The van der Waals surface area contributed by atoms with E-state index in [4.69, 9.17) is 14.3 Å². The molecule has 218 valence electrons. The molecule has 0 aromatic heterocycles. The van der Waals surface area contributed by atoms with Crippen LogP contribution in [0.1, 0.15) is 29.2 Å². The van der Waals surface area contributed by atoms with Crippen molar-refractivity contribution in [1.29, 1.82) is 0 Å². The average molecular weight is 572 g/mol. The summed E-state index contributed by atoms with van der Waals surface area (Å²) in [6.45, 7) is 0.334. The van der Waals surface area contributed by atoms with E-state index in [9.17, 15) is 43.5 Å². The summed E-state index contributed by atoms with van der Waals surface area (Å²) in [4.78, 5) is 21.4. The molecule has 2 aromatic rings. The minimum Gasteiger partial charge on any atom is -0.476 e. The predicted octanol–water partition coefficient (Wildman–Crippen LogP) is 1.26. The number of rotatable bonds is 10. The number of benzene rings is 2. The van der Waals surface area contributed by atoms with Crippen molar-refractivity contribution in [3.8, 4) is 5.75 Å². The first-order chi connectivity index (χ1) is 18.9. The lowest BCUT2D eigenvalue weighted by molar-refractivity contribution is -0.277. The molecule has 1 fully saturated rings. The lowest BCUT2D eigenvalue weighted by atomic mass is 9.99. The van der Waals surface area contributed by atoms with Crippen LogP contribution in [-0.2, 0) is 32.0 Å². The topological polar surface area (TPSA) is 180 Å². The number of alkyl halides is 3. The van der Waals surface area contributed by atoms with Crippen LogP contribution in [0.2, 0.25) is 0 Å². The summed E-state index contributed by atoms with van der Waals surface area (Å²) < 4.78 is 51.5. The number of hydrogen-bond acceptors (Lipinski definition) is 11. The Morgan fingerprint density at radius 3 is 2.38 bits per heavy atom. The quantitative estimate of drug-likeness (QED) is 0.206. The van der Waals surface area contributed by atoms with Gasteiger partial charge in [0.25, 0.3) is 0 Å². The number of aliphatic carboxylic acids is 1. The van der Waals surface area contributed by atoms with E-state index in [0.29, 0.717) is 11.6 Å². The molecule has 15 heteroatoms. The van der Waals surface area contributed by atoms with Crippen molar-refractivity contribution in [2.75, 3.05) is 13.7 Å². The van der Waals surface area contributed by atoms with Gasteiger partial charge in [-0.1, -0.05) is 34.6 Å². The van der Waals surface area contributed by atoms with Crippen molar-refractivity contribution in [3.05, 3.63) is 64.7 Å². The summed E-state index contributed by atoms with van der Waals surface area (Å²) in [5, 5.41) is 56.1. The Labute approximate surface area is 225 Å². The molecule has 0 unspecified atom stereocenters. The first kappa shape index (κ1) is 30.8. The highest BCUT2D eigenvalue weighted by atomic mass is 19.4. The predicted molar refractivity (Wildman–Crippen MR) is 130 cm³/mol. The SMILES string of the molecule is CO/N=C(\C(=O)O)c1ccccc1CO/N=C(/C)c1cc(O[C@@H]2O[C@H](CO)[C@@H](O)[C@H](O)[C@H]2O)cc(C(F)(F)F)c1. The molecule has 0 amide bonds. The van der Waals surface area contributed by atoms with Gasteiger partial charge in [0.15, 0.2) is 5.71 Å². The number of aliphatic hydroxyl groups excluding tert-OH is 4. The van der Waals surface area contributed by atoms with Gasteiger partial charge >= 0.3 is 12.1 Å². The number of hydrogen-bond donors (Lipinski definition) is 5. The van der Waals surface area contributed by atoms with Crippen molar-refractivity contribution in [2.45, 2.75) is 50.4 Å². The molecule has 2 aromatic carbocycles. The fraction of sp³-hybridized carbons (Fsp3) is 0.400. The summed E-state index contributed by atoms with van der Waals surface area (Å²) in [5.74, 6) is -1.78. The first-order valence-corrected chi connectivity index (χ1v) is 11.7. The minimum absolute atomic E-state index is 0.0220. The van der Waals surface area contributed by atoms with Crippen LogP contribution in [-0.4, -0.2) is 87.3 Å². The van der Waals surface area contributed by atoms with Gasteiger partial charge in [0.1, 0.15) is 43.9 Å². The van der Waals surface area contributed by atoms with E-state index in [2.05, 4.69) is 15.1 Å². The highest BCUT2D eigenvalue weighted by Crippen LogP contribution is 2.34. The Bertz CT molecular complexity index is 1250. The van der Waals surface area contributed by atoms with Crippen LogP contribution in [0.3, 0.4) is 0 Å². The number of carboxylic acid groups (broad SMARTS) is 1. The van der Waals surface area contributed by atoms with Crippen molar-refractivity contribution in [3.63, 3.8) is 0 Å². The Hall–Kier alpha value is -3.76. The molecule has 0 radical (unpaired) electrons. The van der Waals surface area contributed by atoms with Crippen LogP contribution in [0.15, 0.2) is 52.8 Å². The summed E-state index contributed by atoms with van der Waals surface area (Å²) in [6, 6.07) is 8.77. The van der Waals surface area contributed by atoms with Crippen LogP contribution in [0, 0.1) is 0 Å². The maximum absolute atomic E-state index is 13.6. The second kappa shape index (κ2) is 13.1. The van der Waals surface area contributed by atoms with Gasteiger partial charge < -0.3 is 44.7 Å². The van der Waals surface area contributed by atoms with Gasteiger partial charge in [-0.25, -0.2) is 4.79 Å². The van der Waals surface area contributed by atoms with E-state index in [1.165, 1.54) is 20.1 Å². The Kier molecular flexibility index (Phi) is 10.1. The van der Waals surface area contributed by atoms with E-state index < -0.39 is 66.5 Å². The van der Waals surface area contributed by atoms with Crippen LogP contribution in [0.4, 0.5) is 13.2 Å². The Morgan fingerprint density at radius 2 is 1.75 bits per heavy atom. The molecular weight excluding hydrogens is 545 g/mol. The average Bonchev–Trinajstić information content (AvgIpc) is 2.91. The number of ether oxygens (including phenoxy) is 2. The molecule has 1 aliphatic heterocycles. The van der Waals surface area contributed by atoms with E-state index >= 15 is 0 Å². The van der Waals surface area contributed by atoms with Gasteiger partial charge in [-0.15, -0.1) is 0 Å². The van der Waals surface area contributed by atoms with Gasteiger partial charge in [0.05, 0.1) is 17.9 Å². The van der Waals surface area contributed by atoms with Gasteiger partial charge in [-0.3, -0.25) is 0 Å². The normalized spacial score (nSPS) is 24.0. The van der Waals surface area contributed by atoms with Crippen molar-refractivity contribution >= 4 is 17.4 Å². The number of nitrogens with zero attached hydrogens (tertiary/aromatic N) is 2. The molecule has 5 atom stereocenters. The van der Waals surface area contributed by atoms with Crippen LogP contribution in [0.25, 0.3) is 0 Å². The lowest BCUT2D eigenvalue weighted by Crippen LogP contribution is -2.60. The smallest absolute Gasteiger partial charge is 0.416 e. The Morgan fingerprint density at radius 1 is 1.05 bits per heavy atom. The highest BCUT2D eigenvalue weighted by molar-refractivity contribution is 6.42. The first-order valence-electron chi connectivity index (χ1n) is 11.7. The van der Waals surface area contributed by atoms with Crippen molar-refractivity contribution in [1.82, 2.24) is 0 Å². The number of oxime groups is 2. The second-order valence-corrected chi connectivity index (χ2v) is 8.59. The largest absolute Gasteiger partial charge is 0.476 e. The molecule has 0 aliphatic carbocycles. The second-order valence-electron chi connectivity index (χ2n) is 8.59. The molecule has 3 rings (SSSR count). The summed E-state index contributed by atoms with van der Waals surface area (Å²) in [7, 11) is 1.18. The van der Waals surface area contributed by atoms with Gasteiger partial charge in [0.2, 0.25) is 6.29 Å². The number of carbonyl (C=O) groups is 1. The fourth-order valence-electron chi connectivity index (χ4n) is 3.76.